The van der Waals surface area contributed by atoms with E-state index in [2.05, 4.69) is 21.2 Å². The molecule has 0 aliphatic carbocycles. The van der Waals surface area contributed by atoms with E-state index in [9.17, 15) is 9.90 Å². The lowest BCUT2D eigenvalue weighted by Crippen LogP contribution is -2.41. The molecular weight excluding hydrogens is 314 g/mol. The second-order valence-electron chi connectivity index (χ2n) is 4.40. The summed E-state index contributed by atoms with van der Waals surface area (Å²) in [5.41, 5.74) is -0.280. The number of halogens is 1. The summed E-state index contributed by atoms with van der Waals surface area (Å²) in [6, 6.07) is 7.23. The Labute approximate surface area is 120 Å². The number of thioether (sulfide) groups is 1. The summed E-state index contributed by atoms with van der Waals surface area (Å²) in [5, 5.41) is 12.8. The van der Waals surface area contributed by atoms with Crippen LogP contribution in [0.25, 0.3) is 0 Å². The molecule has 0 saturated carbocycles. The molecule has 100 valence electrons. The van der Waals surface area contributed by atoms with Gasteiger partial charge in [-0.2, -0.15) is 11.8 Å². The van der Waals surface area contributed by atoms with E-state index in [1.165, 1.54) is 0 Å². The van der Waals surface area contributed by atoms with E-state index >= 15 is 0 Å². The molecule has 0 heterocycles. The highest BCUT2D eigenvalue weighted by Gasteiger charge is 2.21. The van der Waals surface area contributed by atoms with Gasteiger partial charge >= 0.3 is 0 Å². The van der Waals surface area contributed by atoms with Crippen molar-refractivity contribution in [3.8, 4) is 0 Å². The van der Waals surface area contributed by atoms with Crippen LogP contribution in [0.4, 0.5) is 0 Å². The van der Waals surface area contributed by atoms with Crippen LogP contribution in [0, 0.1) is 0 Å². The Hall–Kier alpha value is -0.520. The molecule has 1 aromatic carbocycles. The third kappa shape index (κ3) is 5.00. The third-order valence-electron chi connectivity index (χ3n) is 2.59. The van der Waals surface area contributed by atoms with Gasteiger partial charge in [0.05, 0.1) is 11.2 Å². The quantitative estimate of drug-likeness (QED) is 0.842. The smallest absolute Gasteiger partial charge is 0.252 e. The number of hydrogen-bond donors (Lipinski definition) is 2. The summed E-state index contributed by atoms with van der Waals surface area (Å²) < 4.78 is 0.756. The minimum Gasteiger partial charge on any atom is -0.388 e. The van der Waals surface area contributed by atoms with Crippen molar-refractivity contribution in [2.75, 3.05) is 18.6 Å². The topological polar surface area (TPSA) is 49.3 Å². The van der Waals surface area contributed by atoms with E-state index in [4.69, 9.17) is 0 Å². The number of nitrogens with one attached hydrogen (secondary N) is 1. The number of rotatable bonds is 6. The lowest BCUT2D eigenvalue weighted by Gasteiger charge is -2.23. The van der Waals surface area contributed by atoms with Crippen molar-refractivity contribution in [3.05, 3.63) is 34.3 Å². The first kappa shape index (κ1) is 15.5. The summed E-state index contributed by atoms with van der Waals surface area (Å²) in [6.45, 7) is 2.00. The summed E-state index contributed by atoms with van der Waals surface area (Å²) in [5.74, 6) is 0.699. The molecule has 18 heavy (non-hydrogen) atoms. The van der Waals surface area contributed by atoms with Crippen LogP contribution in [-0.4, -0.2) is 35.2 Å². The zero-order chi connectivity index (χ0) is 13.6. The van der Waals surface area contributed by atoms with Gasteiger partial charge in [-0.15, -0.1) is 0 Å². The Morgan fingerprint density at radius 1 is 1.50 bits per heavy atom. The molecule has 1 rings (SSSR count). The number of benzene rings is 1. The maximum Gasteiger partial charge on any atom is 0.252 e. The van der Waals surface area contributed by atoms with Gasteiger partial charge in [0.25, 0.3) is 5.91 Å². The molecule has 1 aromatic rings. The van der Waals surface area contributed by atoms with Crippen molar-refractivity contribution in [2.24, 2.45) is 0 Å². The molecule has 1 amide bonds. The van der Waals surface area contributed by atoms with Crippen LogP contribution in [0.15, 0.2) is 28.7 Å². The molecule has 0 radical (unpaired) electrons. The van der Waals surface area contributed by atoms with Crippen LogP contribution in [-0.2, 0) is 0 Å². The largest absolute Gasteiger partial charge is 0.388 e. The van der Waals surface area contributed by atoms with E-state index in [1.54, 1.807) is 24.8 Å². The molecule has 0 aromatic heterocycles. The van der Waals surface area contributed by atoms with Gasteiger partial charge in [-0.05, 0) is 53.4 Å². The van der Waals surface area contributed by atoms with Crippen LogP contribution in [0.3, 0.4) is 0 Å². The van der Waals surface area contributed by atoms with Gasteiger partial charge in [0.2, 0.25) is 0 Å². The average molecular weight is 332 g/mol. The zero-order valence-corrected chi connectivity index (χ0v) is 13.0. The minimum absolute atomic E-state index is 0.174. The van der Waals surface area contributed by atoms with Crippen molar-refractivity contribution in [3.63, 3.8) is 0 Å². The highest BCUT2D eigenvalue weighted by atomic mass is 79.9. The molecule has 2 N–H and O–H groups in total. The molecule has 0 bridgehead atoms. The van der Waals surface area contributed by atoms with E-state index in [0.29, 0.717) is 12.0 Å². The van der Waals surface area contributed by atoms with E-state index in [-0.39, 0.29) is 12.5 Å². The van der Waals surface area contributed by atoms with Crippen LogP contribution in [0.5, 0.6) is 0 Å². The van der Waals surface area contributed by atoms with Gasteiger partial charge in [-0.25, -0.2) is 0 Å². The maximum atomic E-state index is 11.9. The van der Waals surface area contributed by atoms with Gasteiger partial charge in [0, 0.05) is 11.0 Å². The van der Waals surface area contributed by atoms with Crippen molar-refractivity contribution < 1.29 is 9.90 Å². The maximum absolute atomic E-state index is 11.9. The standard InChI is InChI=1S/C13H18BrNO2S/c1-13(17,7-8-18-2)9-15-12(16)10-5-3-4-6-11(10)14/h3-6,17H,7-9H2,1-2H3,(H,15,16). The number of amides is 1. The Kier molecular flexibility index (Phi) is 6.18. The van der Waals surface area contributed by atoms with Crippen molar-refractivity contribution >= 4 is 33.6 Å². The molecule has 3 nitrogen and oxygen atoms in total. The van der Waals surface area contributed by atoms with Crippen LogP contribution in [0.2, 0.25) is 0 Å². The highest BCUT2D eigenvalue weighted by Crippen LogP contribution is 2.16. The summed E-state index contributed by atoms with van der Waals surface area (Å²) >= 11 is 5.01. The van der Waals surface area contributed by atoms with Gasteiger partial charge in [-0.1, -0.05) is 12.1 Å². The predicted molar refractivity (Wildman–Crippen MR) is 80.1 cm³/mol. The number of aliphatic hydroxyl groups is 1. The second kappa shape index (κ2) is 7.16. The SMILES string of the molecule is CSCCC(C)(O)CNC(=O)c1ccccc1Br. The van der Waals surface area contributed by atoms with Gasteiger partial charge in [-0.3, -0.25) is 4.79 Å². The van der Waals surface area contributed by atoms with Gasteiger partial charge in [0.1, 0.15) is 0 Å². The van der Waals surface area contributed by atoms with Gasteiger partial charge in [0.15, 0.2) is 0 Å². The Morgan fingerprint density at radius 3 is 2.78 bits per heavy atom. The number of carbonyl (C=O) groups is 1. The summed E-state index contributed by atoms with van der Waals surface area (Å²) in [4.78, 5) is 11.9. The molecule has 0 fully saturated rings. The Morgan fingerprint density at radius 2 is 2.17 bits per heavy atom. The van der Waals surface area contributed by atoms with Crippen molar-refractivity contribution in [2.45, 2.75) is 18.9 Å². The zero-order valence-electron chi connectivity index (χ0n) is 10.6. The number of carbonyl (C=O) groups excluding carboxylic acids is 1. The van der Waals surface area contributed by atoms with Crippen LogP contribution in [0.1, 0.15) is 23.7 Å². The second-order valence-corrected chi connectivity index (χ2v) is 6.24. The van der Waals surface area contributed by atoms with E-state index in [0.717, 1.165) is 10.2 Å². The monoisotopic (exact) mass is 331 g/mol. The predicted octanol–water partition coefficient (Wildman–Crippen LogP) is 2.68. The molecule has 1 unspecified atom stereocenters. The molecule has 0 aliphatic rings. The molecule has 0 spiro atoms. The van der Waals surface area contributed by atoms with Crippen molar-refractivity contribution in [1.29, 1.82) is 0 Å². The summed E-state index contributed by atoms with van der Waals surface area (Å²) in [6.07, 6.45) is 2.65. The fourth-order valence-corrected chi connectivity index (χ4v) is 2.53. The fourth-order valence-electron chi connectivity index (χ4n) is 1.42. The highest BCUT2D eigenvalue weighted by molar-refractivity contribution is 9.10. The van der Waals surface area contributed by atoms with Crippen LogP contribution < -0.4 is 5.32 Å². The lowest BCUT2D eigenvalue weighted by molar-refractivity contribution is 0.0528. The molecule has 1 atom stereocenters. The first-order chi connectivity index (χ1) is 8.46. The Balaban J connectivity index is 2.54. The lowest BCUT2D eigenvalue weighted by atomic mass is 10.0. The fraction of sp³-hybridized carbons (Fsp3) is 0.462. The van der Waals surface area contributed by atoms with E-state index in [1.807, 2.05) is 24.5 Å². The van der Waals surface area contributed by atoms with E-state index < -0.39 is 5.60 Å². The average Bonchev–Trinajstić information content (AvgIpc) is 2.34. The van der Waals surface area contributed by atoms with Crippen molar-refractivity contribution in [1.82, 2.24) is 5.32 Å². The minimum atomic E-state index is -0.861. The normalized spacial score (nSPS) is 14.0. The third-order valence-corrected chi connectivity index (χ3v) is 3.90. The molecule has 0 aliphatic heterocycles. The molecule has 0 saturated heterocycles. The molecular formula is C13H18BrNO2S. The summed E-state index contributed by atoms with van der Waals surface area (Å²) in [7, 11) is 0. The first-order valence-corrected chi connectivity index (χ1v) is 7.89. The first-order valence-electron chi connectivity index (χ1n) is 5.70. The van der Waals surface area contributed by atoms with Gasteiger partial charge < -0.3 is 10.4 Å². The number of hydrogen-bond acceptors (Lipinski definition) is 3. The molecule has 5 heteroatoms. The Bertz CT molecular complexity index is 410. The van der Waals surface area contributed by atoms with Crippen LogP contribution >= 0.6 is 27.7 Å².